The van der Waals surface area contributed by atoms with Gasteiger partial charge in [-0.2, -0.15) is 0 Å². The fourth-order valence-electron chi connectivity index (χ4n) is 4.04. The minimum absolute atomic E-state index is 0.0169. The number of aromatic nitrogens is 3. The van der Waals surface area contributed by atoms with Gasteiger partial charge < -0.3 is 4.74 Å². The second kappa shape index (κ2) is 10.3. The summed E-state index contributed by atoms with van der Waals surface area (Å²) >= 11 is 0. The van der Waals surface area contributed by atoms with Crippen molar-refractivity contribution in [1.29, 1.82) is 0 Å². The smallest absolute Gasteiger partial charge is 0.317 e. The van der Waals surface area contributed by atoms with E-state index in [9.17, 15) is 24.5 Å². The summed E-state index contributed by atoms with van der Waals surface area (Å²) in [5.41, 5.74) is 1.97. The molecule has 0 amide bonds. The summed E-state index contributed by atoms with van der Waals surface area (Å²) in [4.78, 5) is 58.1. The molecule has 10 nitrogen and oxygen atoms in total. The third-order valence-corrected chi connectivity index (χ3v) is 5.71. The van der Waals surface area contributed by atoms with Crippen LogP contribution >= 0.6 is 0 Å². The number of fused-ring (bicyclic) bond motifs is 1. The molecule has 2 aromatic carbocycles. The van der Waals surface area contributed by atoms with Gasteiger partial charge in [-0.1, -0.05) is 12.1 Å². The molecule has 0 spiro atoms. The number of esters is 1. The van der Waals surface area contributed by atoms with Gasteiger partial charge in [0.05, 0.1) is 28.8 Å². The molecule has 2 aromatic heterocycles. The van der Waals surface area contributed by atoms with Crippen LogP contribution in [0.4, 0.5) is 5.69 Å². The molecule has 2 heterocycles. The summed E-state index contributed by atoms with van der Waals surface area (Å²) in [5, 5.41) is 11.3. The number of carbonyl (C=O) groups excluding carboxylic acids is 3. The van der Waals surface area contributed by atoms with E-state index in [1.54, 1.807) is 43.6 Å². The SMILES string of the molecule is CCOC(=O)C(CC(=O)c1ccccc1[N+](=O)[O-])C(=O)c1ccc(-n2c(C)nc3cnccc32)cc1. The number of rotatable bonds is 9. The topological polar surface area (TPSA) is 134 Å². The Labute approximate surface area is 205 Å². The molecule has 36 heavy (non-hydrogen) atoms. The Morgan fingerprint density at radius 2 is 1.81 bits per heavy atom. The number of nitrogens with zero attached hydrogens (tertiary/aromatic N) is 4. The lowest BCUT2D eigenvalue weighted by Crippen LogP contribution is -2.29. The number of para-hydroxylation sites is 1. The van der Waals surface area contributed by atoms with E-state index in [1.165, 1.54) is 24.3 Å². The molecule has 0 saturated carbocycles. The summed E-state index contributed by atoms with van der Waals surface area (Å²) in [6.45, 7) is 3.46. The van der Waals surface area contributed by atoms with Crippen molar-refractivity contribution in [3.8, 4) is 5.69 Å². The highest BCUT2D eigenvalue weighted by Gasteiger charge is 2.33. The number of pyridine rings is 1. The molecule has 0 aliphatic rings. The first-order valence-corrected chi connectivity index (χ1v) is 11.2. The van der Waals surface area contributed by atoms with Gasteiger partial charge in [0.2, 0.25) is 0 Å². The molecule has 182 valence electrons. The number of nitro groups is 1. The van der Waals surface area contributed by atoms with E-state index in [0.29, 0.717) is 0 Å². The van der Waals surface area contributed by atoms with E-state index in [2.05, 4.69) is 9.97 Å². The number of ether oxygens (including phenoxy) is 1. The molecule has 10 heteroatoms. The lowest BCUT2D eigenvalue weighted by Gasteiger charge is -2.15. The van der Waals surface area contributed by atoms with Crippen molar-refractivity contribution >= 4 is 34.3 Å². The first-order valence-electron chi connectivity index (χ1n) is 11.2. The lowest BCUT2D eigenvalue weighted by atomic mass is 9.90. The van der Waals surface area contributed by atoms with Crippen LogP contribution in [-0.2, 0) is 9.53 Å². The summed E-state index contributed by atoms with van der Waals surface area (Å²) in [5.74, 6) is -2.87. The predicted octanol–water partition coefficient (Wildman–Crippen LogP) is 4.27. The second-order valence-corrected chi connectivity index (χ2v) is 7.98. The van der Waals surface area contributed by atoms with Crippen molar-refractivity contribution in [2.45, 2.75) is 20.3 Å². The Morgan fingerprint density at radius 1 is 1.08 bits per heavy atom. The molecular formula is C26H22N4O6. The monoisotopic (exact) mass is 486 g/mol. The largest absolute Gasteiger partial charge is 0.465 e. The third-order valence-electron chi connectivity index (χ3n) is 5.71. The van der Waals surface area contributed by atoms with Gasteiger partial charge in [0.1, 0.15) is 17.3 Å². The van der Waals surface area contributed by atoms with Crippen LogP contribution < -0.4 is 0 Å². The van der Waals surface area contributed by atoms with Crippen LogP contribution in [0.2, 0.25) is 0 Å². The van der Waals surface area contributed by atoms with E-state index in [4.69, 9.17) is 4.74 Å². The molecule has 0 aliphatic carbocycles. The van der Waals surface area contributed by atoms with Crippen molar-refractivity contribution in [2.75, 3.05) is 6.61 Å². The minimum atomic E-state index is -1.44. The van der Waals surface area contributed by atoms with Gasteiger partial charge in [-0.15, -0.1) is 0 Å². The number of aryl methyl sites for hydroxylation is 1. The molecule has 4 aromatic rings. The van der Waals surface area contributed by atoms with Crippen LogP contribution in [0.5, 0.6) is 0 Å². The second-order valence-electron chi connectivity index (χ2n) is 7.98. The van der Waals surface area contributed by atoms with Gasteiger partial charge in [-0.05, 0) is 50.2 Å². The number of hydrogen-bond acceptors (Lipinski definition) is 8. The van der Waals surface area contributed by atoms with Crippen molar-refractivity contribution in [2.24, 2.45) is 5.92 Å². The van der Waals surface area contributed by atoms with E-state index in [0.717, 1.165) is 22.5 Å². The highest BCUT2D eigenvalue weighted by Crippen LogP contribution is 2.25. The fourth-order valence-corrected chi connectivity index (χ4v) is 4.04. The minimum Gasteiger partial charge on any atom is -0.465 e. The number of hydrogen-bond donors (Lipinski definition) is 0. The zero-order chi connectivity index (χ0) is 25.8. The lowest BCUT2D eigenvalue weighted by molar-refractivity contribution is -0.385. The number of imidazole rings is 1. The van der Waals surface area contributed by atoms with E-state index in [1.807, 2.05) is 17.6 Å². The van der Waals surface area contributed by atoms with E-state index < -0.39 is 34.8 Å². The first kappa shape index (κ1) is 24.4. The number of Topliss-reactive ketones (excluding diaryl/α,β-unsaturated/α-hetero) is 2. The molecule has 0 saturated heterocycles. The van der Waals surface area contributed by atoms with Gasteiger partial charge in [-0.3, -0.25) is 34.0 Å². The van der Waals surface area contributed by atoms with Crippen molar-refractivity contribution in [3.05, 3.63) is 94.1 Å². The Hall–Kier alpha value is -4.73. The summed E-state index contributed by atoms with van der Waals surface area (Å²) in [6, 6.07) is 13.8. The summed E-state index contributed by atoms with van der Waals surface area (Å²) in [6.07, 6.45) is 2.77. The highest BCUT2D eigenvalue weighted by atomic mass is 16.6. The standard InChI is InChI=1S/C26H22N4O6/c1-3-36-26(33)20(14-24(31)19-6-4-5-7-22(19)30(34)35)25(32)17-8-10-18(11-9-17)29-16(2)28-21-15-27-13-12-23(21)29/h4-13,15,20H,3,14H2,1-2H3. The maximum absolute atomic E-state index is 13.3. The Bertz CT molecular complexity index is 1480. The van der Waals surface area contributed by atoms with Gasteiger partial charge in [0.25, 0.3) is 5.69 Å². The molecule has 0 N–H and O–H groups in total. The number of carbonyl (C=O) groups is 3. The summed E-state index contributed by atoms with van der Waals surface area (Å²) < 4.78 is 6.95. The van der Waals surface area contributed by atoms with Crippen molar-refractivity contribution in [3.63, 3.8) is 0 Å². The normalized spacial score (nSPS) is 11.7. The molecule has 0 radical (unpaired) electrons. The highest BCUT2D eigenvalue weighted by molar-refractivity contribution is 6.13. The summed E-state index contributed by atoms with van der Waals surface area (Å²) in [7, 11) is 0. The molecule has 4 rings (SSSR count). The van der Waals surface area contributed by atoms with Gasteiger partial charge in [0, 0.05) is 29.9 Å². The molecule has 1 unspecified atom stereocenters. The molecule has 0 bridgehead atoms. The average molecular weight is 486 g/mol. The maximum atomic E-state index is 13.3. The van der Waals surface area contributed by atoms with Crippen LogP contribution in [-0.4, -0.2) is 43.6 Å². The molecule has 0 fully saturated rings. The van der Waals surface area contributed by atoms with E-state index in [-0.39, 0.29) is 23.4 Å². The quantitative estimate of drug-likeness (QED) is 0.113. The fraction of sp³-hybridized carbons (Fsp3) is 0.192. The first-order chi connectivity index (χ1) is 17.3. The van der Waals surface area contributed by atoms with Gasteiger partial charge in [-0.25, -0.2) is 4.98 Å². The number of nitro benzene ring substituents is 1. The van der Waals surface area contributed by atoms with E-state index >= 15 is 0 Å². The average Bonchev–Trinajstić information content (AvgIpc) is 3.22. The van der Waals surface area contributed by atoms with Crippen molar-refractivity contribution in [1.82, 2.24) is 14.5 Å². The Kier molecular flexibility index (Phi) is 6.95. The predicted molar refractivity (Wildman–Crippen MR) is 130 cm³/mol. The molecular weight excluding hydrogens is 464 g/mol. The van der Waals surface area contributed by atoms with Gasteiger partial charge in [0.15, 0.2) is 11.6 Å². The number of benzene rings is 2. The Morgan fingerprint density at radius 3 is 2.50 bits per heavy atom. The zero-order valence-corrected chi connectivity index (χ0v) is 19.6. The number of ketones is 2. The molecule has 1 atom stereocenters. The molecule has 0 aliphatic heterocycles. The van der Waals surface area contributed by atoms with Crippen LogP contribution in [0.3, 0.4) is 0 Å². The maximum Gasteiger partial charge on any atom is 0.317 e. The third kappa shape index (κ3) is 4.74. The van der Waals surface area contributed by atoms with Crippen LogP contribution in [0, 0.1) is 23.0 Å². The Balaban J connectivity index is 1.63. The zero-order valence-electron chi connectivity index (χ0n) is 19.6. The van der Waals surface area contributed by atoms with Crippen LogP contribution in [0.25, 0.3) is 16.7 Å². The van der Waals surface area contributed by atoms with Gasteiger partial charge >= 0.3 is 5.97 Å². The van der Waals surface area contributed by atoms with Crippen LogP contribution in [0.1, 0.15) is 39.9 Å². The van der Waals surface area contributed by atoms with Crippen LogP contribution in [0.15, 0.2) is 67.0 Å². The van der Waals surface area contributed by atoms with Crippen molar-refractivity contribution < 1.29 is 24.0 Å².